The maximum absolute atomic E-state index is 12.9. The molecule has 2 aromatic carbocycles. The molecule has 0 radical (unpaired) electrons. The number of hydrogen-bond donors (Lipinski definition) is 1. The van der Waals surface area contributed by atoms with E-state index in [9.17, 15) is 17.6 Å². The van der Waals surface area contributed by atoms with E-state index in [-0.39, 0.29) is 23.4 Å². The van der Waals surface area contributed by atoms with E-state index in [1.54, 1.807) is 24.3 Å². The Balaban J connectivity index is 1.69. The Bertz CT molecular complexity index is 880. The molecule has 0 aliphatic carbocycles. The molecular weight excluding hydrogens is 355 g/mol. The lowest BCUT2D eigenvalue weighted by molar-refractivity contribution is 0.0946. The first kappa shape index (κ1) is 18.5. The Morgan fingerprint density at radius 2 is 1.81 bits per heavy atom. The van der Waals surface area contributed by atoms with Gasteiger partial charge in [0.25, 0.3) is 5.91 Å². The molecule has 1 N–H and O–H groups in total. The lowest BCUT2D eigenvalue weighted by Gasteiger charge is -2.24. The van der Waals surface area contributed by atoms with E-state index in [1.165, 1.54) is 28.6 Å². The van der Waals surface area contributed by atoms with Crippen molar-refractivity contribution in [2.45, 2.75) is 30.7 Å². The van der Waals surface area contributed by atoms with Gasteiger partial charge in [-0.15, -0.1) is 0 Å². The van der Waals surface area contributed by atoms with Crippen molar-refractivity contribution >= 4 is 15.9 Å². The van der Waals surface area contributed by atoms with Crippen molar-refractivity contribution in [1.29, 1.82) is 0 Å². The maximum Gasteiger partial charge on any atom is 0.251 e. The molecule has 1 heterocycles. The minimum Gasteiger partial charge on any atom is -0.350 e. The molecule has 1 aliphatic heterocycles. The number of carbonyl (C=O) groups excluding carboxylic acids is 1. The van der Waals surface area contributed by atoms with Crippen LogP contribution in [0.5, 0.6) is 0 Å². The molecule has 1 fully saturated rings. The summed E-state index contributed by atoms with van der Waals surface area (Å²) < 4.78 is 40.2. The summed E-state index contributed by atoms with van der Waals surface area (Å²) in [5, 5.41) is 2.76. The zero-order valence-electron chi connectivity index (χ0n) is 14.5. The highest BCUT2D eigenvalue weighted by Gasteiger charge is 2.35. The van der Waals surface area contributed by atoms with E-state index in [0.29, 0.717) is 18.5 Å². The van der Waals surface area contributed by atoms with E-state index in [2.05, 4.69) is 5.32 Å². The molecule has 1 unspecified atom stereocenters. The molecule has 1 aliphatic rings. The van der Waals surface area contributed by atoms with E-state index in [1.807, 2.05) is 6.92 Å². The van der Waals surface area contributed by atoms with Gasteiger partial charge in [0, 0.05) is 24.7 Å². The van der Waals surface area contributed by atoms with Crippen LogP contribution in [0.15, 0.2) is 53.4 Å². The summed E-state index contributed by atoms with van der Waals surface area (Å²) in [6.45, 7) is 2.56. The van der Waals surface area contributed by atoms with Gasteiger partial charge in [0.05, 0.1) is 4.90 Å². The van der Waals surface area contributed by atoms with Gasteiger partial charge in [0.1, 0.15) is 5.82 Å². The summed E-state index contributed by atoms with van der Waals surface area (Å²) in [5.74, 6) is -0.753. The number of nitrogens with one attached hydrogen (secondary N) is 1. The smallest absolute Gasteiger partial charge is 0.251 e. The van der Waals surface area contributed by atoms with Crippen LogP contribution in [0.4, 0.5) is 4.39 Å². The maximum atomic E-state index is 12.9. The molecule has 5 nitrogen and oxygen atoms in total. The molecule has 1 atom stereocenters. The molecule has 1 amide bonds. The second kappa shape index (κ2) is 7.55. The second-order valence-electron chi connectivity index (χ2n) is 6.44. The third-order valence-electron chi connectivity index (χ3n) is 4.56. The average Bonchev–Trinajstić information content (AvgIpc) is 3.10. The monoisotopic (exact) mass is 376 g/mol. The molecule has 1 saturated heterocycles. The first-order valence-corrected chi connectivity index (χ1v) is 9.94. The number of benzene rings is 2. The summed E-state index contributed by atoms with van der Waals surface area (Å²) in [4.78, 5) is 12.4. The van der Waals surface area contributed by atoms with Crippen LogP contribution in [-0.4, -0.2) is 37.8 Å². The zero-order valence-corrected chi connectivity index (χ0v) is 15.3. The number of halogens is 1. The van der Waals surface area contributed by atoms with Gasteiger partial charge in [-0.25, -0.2) is 12.8 Å². The number of nitrogens with zero attached hydrogens (tertiary/aromatic N) is 1. The summed E-state index contributed by atoms with van der Waals surface area (Å²) in [6, 6.07) is 11.7. The molecule has 0 aromatic heterocycles. The van der Waals surface area contributed by atoms with Crippen LogP contribution in [0.25, 0.3) is 0 Å². The van der Waals surface area contributed by atoms with Gasteiger partial charge in [-0.1, -0.05) is 17.7 Å². The molecule has 138 valence electrons. The quantitative estimate of drug-likeness (QED) is 0.873. The number of rotatable bonds is 5. The summed E-state index contributed by atoms with van der Waals surface area (Å²) >= 11 is 0. The predicted octanol–water partition coefficient (Wildman–Crippen LogP) is 2.72. The predicted molar refractivity (Wildman–Crippen MR) is 96.8 cm³/mol. The van der Waals surface area contributed by atoms with Crippen LogP contribution < -0.4 is 5.32 Å². The van der Waals surface area contributed by atoms with Gasteiger partial charge < -0.3 is 5.32 Å². The van der Waals surface area contributed by atoms with Gasteiger partial charge in [-0.05, 0) is 56.2 Å². The highest BCUT2D eigenvalue weighted by Crippen LogP contribution is 2.26. The molecule has 0 saturated carbocycles. The van der Waals surface area contributed by atoms with Gasteiger partial charge in [0.2, 0.25) is 10.0 Å². The number of sulfonamides is 1. The molecule has 26 heavy (non-hydrogen) atoms. The Morgan fingerprint density at radius 3 is 2.46 bits per heavy atom. The van der Waals surface area contributed by atoms with Crippen LogP contribution in [0.1, 0.15) is 28.8 Å². The molecule has 0 bridgehead atoms. The lowest BCUT2D eigenvalue weighted by atomic mass is 10.2. The minimum absolute atomic E-state index is 0.224. The van der Waals surface area contributed by atoms with Crippen LogP contribution in [0.3, 0.4) is 0 Å². The van der Waals surface area contributed by atoms with Crippen molar-refractivity contribution in [3.8, 4) is 0 Å². The molecule has 0 spiro atoms. The van der Waals surface area contributed by atoms with Gasteiger partial charge >= 0.3 is 0 Å². The van der Waals surface area contributed by atoms with Gasteiger partial charge in [-0.3, -0.25) is 4.79 Å². The van der Waals surface area contributed by atoms with Crippen molar-refractivity contribution in [3.05, 3.63) is 65.5 Å². The third kappa shape index (κ3) is 3.94. The first-order valence-electron chi connectivity index (χ1n) is 8.50. The highest BCUT2D eigenvalue weighted by atomic mass is 32.2. The summed E-state index contributed by atoms with van der Waals surface area (Å²) in [5.41, 5.74) is 1.34. The van der Waals surface area contributed by atoms with E-state index >= 15 is 0 Å². The fourth-order valence-corrected chi connectivity index (χ4v) is 4.78. The number of hydrogen-bond acceptors (Lipinski definition) is 3. The number of amides is 1. The van der Waals surface area contributed by atoms with E-state index < -0.39 is 15.8 Å². The molecule has 7 heteroatoms. The molecule has 2 aromatic rings. The van der Waals surface area contributed by atoms with Crippen molar-refractivity contribution in [1.82, 2.24) is 9.62 Å². The summed E-state index contributed by atoms with van der Waals surface area (Å²) in [6.07, 6.45) is 1.44. The number of carbonyl (C=O) groups is 1. The SMILES string of the molecule is Cc1ccc(S(=O)(=O)N2CCCC2CNC(=O)c2ccc(F)cc2)cc1. The summed E-state index contributed by atoms with van der Waals surface area (Å²) in [7, 11) is -3.59. The van der Waals surface area contributed by atoms with E-state index in [0.717, 1.165) is 12.0 Å². The highest BCUT2D eigenvalue weighted by molar-refractivity contribution is 7.89. The van der Waals surface area contributed by atoms with Crippen molar-refractivity contribution in [3.63, 3.8) is 0 Å². The van der Waals surface area contributed by atoms with E-state index in [4.69, 9.17) is 0 Å². The average molecular weight is 376 g/mol. The fraction of sp³-hybridized carbons (Fsp3) is 0.316. The Hall–Kier alpha value is -2.25. The standard InChI is InChI=1S/C19H21FN2O3S/c1-14-4-10-18(11-5-14)26(24,25)22-12-2-3-17(22)13-21-19(23)15-6-8-16(20)9-7-15/h4-11,17H,2-3,12-13H2,1H3,(H,21,23). The largest absolute Gasteiger partial charge is 0.350 e. The van der Waals surface area contributed by atoms with Crippen LogP contribution in [-0.2, 0) is 10.0 Å². The van der Waals surface area contributed by atoms with Crippen LogP contribution in [0.2, 0.25) is 0 Å². The van der Waals surface area contributed by atoms with Gasteiger partial charge in [-0.2, -0.15) is 4.31 Å². The van der Waals surface area contributed by atoms with Crippen molar-refractivity contribution < 1.29 is 17.6 Å². The van der Waals surface area contributed by atoms with Crippen LogP contribution >= 0.6 is 0 Å². The van der Waals surface area contributed by atoms with Gasteiger partial charge in [0.15, 0.2) is 0 Å². The normalized spacial score (nSPS) is 18.0. The second-order valence-corrected chi connectivity index (χ2v) is 8.33. The van der Waals surface area contributed by atoms with Crippen molar-refractivity contribution in [2.75, 3.05) is 13.1 Å². The Morgan fingerprint density at radius 1 is 1.15 bits per heavy atom. The molecule has 3 rings (SSSR count). The Labute approximate surface area is 152 Å². The third-order valence-corrected chi connectivity index (χ3v) is 6.52. The minimum atomic E-state index is -3.59. The fourth-order valence-electron chi connectivity index (χ4n) is 3.09. The molecular formula is C19H21FN2O3S. The first-order chi connectivity index (χ1) is 12.4. The van der Waals surface area contributed by atoms with Crippen LogP contribution in [0, 0.1) is 12.7 Å². The Kier molecular flexibility index (Phi) is 5.38. The zero-order chi connectivity index (χ0) is 18.7. The number of aryl methyl sites for hydroxylation is 1. The topological polar surface area (TPSA) is 66.5 Å². The lowest BCUT2D eigenvalue weighted by Crippen LogP contribution is -2.43. The van der Waals surface area contributed by atoms with Crippen molar-refractivity contribution in [2.24, 2.45) is 0 Å².